The number of nitrogens with zero attached hydrogens (tertiary/aromatic N) is 3. The Balaban J connectivity index is 1.76. The molecule has 4 aromatic rings. The number of carbonyl (C=O) groups is 2. The number of fused-ring (bicyclic) bond motifs is 2. The lowest BCUT2D eigenvalue weighted by atomic mass is 9.92. The molecule has 3 heterocycles. The van der Waals surface area contributed by atoms with Crippen LogP contribution in [0.4, 0.5) is 5.69 Å². The summed E-state index contributed by atoms with van der Waals surface area (Å²) in [7, 11) is 3.22. The van der Waals surface area contributed by atoms with Crippen LogP contribution in [0, 0.1) is 0 Å². The number of aromatic nitrogens is 1. The fourth-order valence-corrected chi connectivity index (χ4v) is 6.76. The van der Waals surface area contributed by atoms with Crippen LogP contribution in [0.25, 0.3) is 11.3 Å². The predicted molar refractivity (Wildman–Crippen MR) is 161 cm³/mol. The fraction of sp³-hybridized carbons (Fsp3) is 0.161. The molecule has 0 saturated heterocycles. The van der Waals surface area contributed by atoms with Gasteiger partial charge in [-0.2, -0.15) is 0 Å². The highest BCUT2D eigenvalue weighted by atomic mass is 79.9. The summed E-state index contributed by atoms with van der Waals surface area (Å²) < 4.78 is 13.7. The number of thiazole rings is 1. The molecule has 0 spiro atoms. The Morgan fingerprint density at radius 3 is 2.51 bits per heavy atom. The first-order valence-electron chi connectivity index (χ1n) is 12.9. The molecule has 206 valence electrons. The van der Waals surface area contributed by atoms with Crippen molar-refractivity contribution in [2.75, 3.05) is 25.7 Å². The largest absolute Gasteiger partial charge is 0.496 e. The zero-order valence-corrected chi connectivity index (χ0v) is 24.8. The van der Waals surface area contributed by atoms with Gasteiger partial charge < -0.3 is 14.4 Å². The topological polar surface area (TPSA) is 90.2 Å². The molecule has 8 nitrogen and oxygen atoms in total. The van der Waals surface area contributed by atoms with Gasteiger partial charge in [-0.15, -0.1) is 0 Å². The van der Waals surface area contributed by atoms with Crippen molar-refractivity contribution < 1.29 is 19.1 Å². The van der Waals surface area contributed by atoms with Gasteiger partial charge in [-0.25, -0.2) is 9.79 Å². The minimum Gasteiger partial charge on any atom is -0.496 e. The summed E-state index contributed by atoms with van der Waals surface area (Å²) in [5, 5.41) is 0. The van der Waals surface area contributed by atoms with Crippen molar-refractivity contribution >= 4 is 56.1 Å². The third kappa shape index (κ3) is 4.34. The number of amides is 1. The van der Waals surface area contributed by atoms with E-state index in [2.05, 4.69) is 15.9 Å². The van der Waals surface area contributed by atoms with Crippen LogP contribution in [0.15, 0.2) is 92.6 Å². The minimum absolute atomic E-state index is 0.138. The van der Waals surface area contributed by atoms with Gasteiger partial charge in [0.05, 0.1) is 36.2 Å². The van der Waals surface area contributed by atoms with Gasteiger partial charge in [0.1, 0.15) is 16.3 Å². The average molecular weight is 631 g/mol. The molecule has 0 saturated carbocycles. The lowest BCUT2D eigenvalue weighted by Gasteiger charge is -2.27. The Morgan fingerprint density at radius 2 is 1.78 bits per heavy atom. The molecule has 0 unspecified atom stereocenters. The standard InChI is InChI=1S/C31H24BrN3O5S/c1-4-40-30(38)24-25(17-10-6-5-7-11-17)33-31-35(26(24)20-16-18(32)14-15-22(20)39-3)29(37)27(41-31)23-19-12-8-9-13-21(19)34(2)28(23)36/h5-16,26H,4H2,1-3H3/b27-23+/t26-/m1/s1. The maximum absolute atomic E-state index is 14.4. The van der Waals surface area contributed by atoms with Gasteiger partial charge in [0.15, 0.2) is 4.80 Å². The number of anilines is 1. The van der Waals surface area contributed by atoms with E-state index in [0.29, 0.717) is 38.5 Å². The molecular formula is C31H24BrN3O5S. The van der Waals surface area contributed by atoms with E-state index < -0.39 is 17.6 Å². The van der Waals surface area contributed by atoms with E-state index in [1.165, 1.54) is 16.6 Å². The zero-order chi connectivity index (χ0) is 28.8. The highest BCUT2D eigenvalue weighted by Crippen LogP contribution is 2.40. The third-order valence-electron chi connectivity index (χ3n) is 7.12. The van der Waals surface area contributed by atoms with Crippen molar-refractivity contribution in [3.63, 3.8) is 0 Å². The predicted octanol–water partition coefficient (Wildman–Crippen LogP) is 4.05. The number of benzene rings is 3. The zero-order valence-electron chi connectivity index (χ0n) is 22.4. The van der Waals surface area contributed by atoms with E-state index >= 15 is 0 Å². The first-order valence-corrected chi connectivity index (χ1v) is 14.5. The first-order chi connectivity index (χ1) is 19.8. The van der Waals surface area contributed by atoms with Gasteiger partial charge >= 0.3 is 5.97 Å². The lowest BCUT2D eigenvalue weighted by Crippen LogP contribution is -2.41. The smallest absolute Gasteiger partial charge is 0.338 e. The van der Waals surface area contributed by atoms with E-state index in [9.17, 15) is 14.4 Å². The number of esters is 1. The Bertz CT molecular complexity index is 1940. The molecule has 2 aliphatic rings. The number of likely N-dealkylation sites (N-methyl/N-ethyl adjacent to an activating group) is 1. The summed E-state index contributed by atoms with van der Waals surface area (Å²) in [5.74, 6) is -0.391. The van der Waals surface area contributed by atoms with Crippen LogP contribution in [0.3, 0.4) is 0 Å². The second kappa shape index (κ2) is 10.6. The maximum atomic E-state index is 14.4. The molecule has 0 bridgehead atoms. The molecule has 41 heavy (non-hydrogen) atoms. The van der Waals surface area contributed by atoms with E-state index in [4.69, 9.17) is 14.5 Å². The Hall–Kier alpha value is -4.28. The molecule has 3 aromatic carbocycles. The molecule has 1 atom stereocenters. The second-order valence-electron chi connectivity index (χ2n) is 9.39. The quantitative estimate of drug-likeness (QED) is 0.311. The monoisotopic (exact) mass is 629 g/mol. The molecule has 1 amide bonds. The van der Waals surface area contributed by atoms with Crippen molar-refractivity contribution in [1.29, 1.82) is 0 Å². The highest BCUT2D eigenvalue weighted by molar-refractivity contribution is 9.10. The number of para-hydroxylation sites is 1. The van der Waals surface area contributed by atoms with Crippen LogP contribution in [0.5, 0.6) is 5.75 Å². The van der Waals surface area contributed by atoms with E-state index in [1.807, 2.05) is 66.7 Å². The van der Waals surface area contributed by atoms with Crippen LogP contribution in [0.1, 0.15) is 29.7 Å². The normalized spacial score (nSPS) is 17.2. The Morgan fingerprint density at radius 1 is 1.05 bits per heavy atom. The molecular weight excluding hydrogens is 606 g/mol. The van der Waals surface area contributed by atoms with Crippen LogP contribution < -0.4 is 24.5 Å². The number of halogens is 1. The summed E-state index contributed by atoms with van der Waals surface area (Å²) in [5.41, 5.74) is 3.14. The van der Waals surface area contributed by atoms with Gasteiger partial charge in [-0.1, -0.05) is 75.8 Å². The number of carbonyl (C=O) groups excluding carboxylic acids is 2. The van der Waals surface area contributed by atoms with Crippen molar-refractivity contribution in [3.05, 3.63) is 119 Å². The van der Waals surface area contributed by atoms with E-state index in [0.717, 1.165) is 21.5 Å². The molecule has 1 aromatic heterocycles. The van der Waals surface area contributed by atoms with Gasteiger partial charge in [0, 0.05) is 28.2 Å². The molecule has 2 aliphatic heterocycles. The van der Waals surface area contributed by atoms with Crippen molar-refractivity contribution in [2.24, 2.45) is 4.99 Å². The summed E-state index contributed by atoms with van der Waals surface area (Å²) in [6.07, 6.45) is 0. The molecule has 6 rings (SSSR count). The van der Waals surface area contributed by atoms with Crippen molar-refractivity contribution in [2.45, 2.75) is 13.0 Å². The summed E-state index contributed by atoms with van der Waals surface area (Å²) in [6.45, 7) is 1.87. The summed E-state index contributed by atoms with van der Waals surface area (Å²) in [4.78, 5) is 48.4. The SMILES string of the molecule is CCOC(=O)C1=C(c2ccccc2)N=c2s/c(=C3/C(=O)N(C)c4ccccc43)c(=O)n2[C@@H]1c1cc(Br)ccc1OC. The van der Waals surface area contributed by atoms with Gasteiger partial charge in [0.2, 0.25) is 0 Å². The number of methoxy groups -OCH3 is 1. The maximum Gasteiger partial charge on any atom is 0.338 e. The summed E-state index contributed by atoms with van der Waals surface area (Å²) >= 11 is 4.67. The van der Waals surface area contributed by atoms with Crippen molar-refractivity contribution in [1.82, 2.24) is 4.57 Å². The summed E-state index contributed by atoms with van der Waals surface area (Å²) in [6, 6.07) is 21.2. The lowest BCUT2D eigenvalue weighted by molar-refractivity contribution is -0.138. The van der Waals surface area contributed by atoms with Crippen molar-refractivity contribution in [3.8, 4) is 5.75 Å². The van der Waals surface area contributed by atoms with Crippen LogP contribution in [0.2, 0.25) is 0 Å². The number of hydrogen-bond donors (Lipinski definition) is 0. The number of hydrogen-bond acceptors (Lipinski definition) is 7. The molecule has 0 N–H and O–H groups in total. The van der Waals surface area contributed by atoms with E-state index in [-0.39, 0.29) is 22.6 Å². The fourth-order valence-electron chi connectivity index (χ4n) is 5.29. The average Bonchev–Trinajstić information content (AvgIpc) is 3.44. The molecule has 0 aliphatic carbocycles. The second-order valence-corrected chi connectivity index (χ2v) is 11.3. The minimum atomic E-state index is -0.938. The first kappa shape index (κ1) is 26.9. The molecule has 10 heteroatoms. The number of rotatable bonds is 5. The van der Waals surface area contributed by atoms with Crippen LogP contribution in [-0.2, 0) is 14.3 Å². The number of ether oxygens (including phenoxy) is 2. The van der Waals surface area contributed by atoms with Gasteiger partial charge in [0.25, 0.3) is 11.5 Å². The Kier molecular flexibility index (Phi) is 6.96. The molecule has 0 radical (unpaired) electrons. The highest BCUT2D eigenvalue weighted by Gasteiger charge is 2.38. The Labute approximate surface area is 247 Å². The third-order valence-corrected chi connectivity index (χ3v) is 8.66. The van der Waals surface area contributed by atoms with Gasteiger partial charge in [-0.3, -0.25) is 14.2 Å². The van der Waals surface area contributed by atoms with Gasteiger partial charge in [-0.05, 0) is 31.2 Å². The van der Waals surface area contributed by atoms with Crippen LogP contribution >= 0.6 is 27.3 Å². The molecule has 0 fully saturated rings. The van der Waals surface area contributed by atoms with E-state index in [1.54, 1.807) is 20.0 Å². The van der Waals surface area contributed by atoms with Crippen LogP contribution in [-0.4, -0.2) is 37.2 Å².